The molecule has 39 heavy (non-hydrogen) atoms. The van der Waals surface area contributed by atoms with E-state index in [0.717, 1.165) is 51.1 Å². The summed E-state index contributed by atoms with van der Waals surface area (Å²) in [5.74, 6) is 1.72. The van der Waals surface area contributed by atoms with Gasteiger partial charge in [0.1, 0.15) is 11.6 Å². The zero-order valence-electron chi connectivity index (χ0n) is 22.5. The van der Waals surface area contributed by atoms with Gasteiger partial charge in [0.2, 0.25) is 5.91 Å². The van der Waals surface area contributed by atoms with Gasteiger partial charge >= 0.3 is 0 Å². The molecule has 1 atom stereocenters. The normalized spacial score (nSPS) is 14.7. The maximum absolute atomic E-state index is 12.6. The molecule has 0 bridgehead atoms. The molecule has 0 spiro atoms. The molecule has 1 amide bonds. The van der Waals surface area contributed by atoms with Crippen molar-refractivity contribution in [2.24, 2.45) is 17.6 Å². The Balaban J connectivity index is 1.48. The molecule has 0 saturated heterocycles. The molecule has 5 rings (SSSR count). The zero-order valence-corrected chi connectivity index (χ0v) is 23.2. The predicted octanol–water partition coefficient (Wildman–Crippen LogP) is 7.79. The smallest absolute Gasteiger partial charge is 0.220 e. The third kappa shape index (κ3) is 6.72. The Morgan fingerprint density at radius 2 is 1.82 bits per heavy atom. The van der Waals surface area contributed by atoms with Crippen LogP contribution >= 0.6 is 11.6 Å². The number of carbonyl (C=O) groups excluding carboxylic acids is 1. The minimum Gasteiger partial charge on any atom is -0.497 e. The summed E-state index contributed by atoms with van der Waals surface area (Å²) < 4.78 is 5.29. The summed E-state index contributed by atoms with van der Waals surface area (Å²) in [5, 5.41) is 5.26. The summed E-state index contributed by atoms with van der Waals surface area (Å²) in [6, 6.07) is 24.2. The number of carbonyl (C=O) groups is 1. The quantitative estimate of drug-likeness (QED) is 0.215. The van der Waals surface area contributed by atoms with Crippen molar-refractivity contribution in [1.82, 2.24) is 4.98 Å². The van der Waals surface area contributed by atoms with Gasteiger partial charge in [0.25, 0.3) is 0 Å². The highest BCUT2D eigenvalue weighted by Gasteiger charge is 2.24. The monoisotopic (exact) mass is 541 g/mol. The SMILES string of the molecule is COc1ccc(CNc2nc3ccc(-c4ccccc4Cl)cc3cc2CC(CC2CCCCC2)C(N)=O)cc1. The van der Waals surface area contributed by atoms with E-state index < -0.39 is 0 Å². The van der Waals surface area contributed by atoms with E-state index in [-0.39, 0.29) is 11.8 Å². The van der Waals surface area contributed by atoms with Crippen LogP contribution in [0.2, 0.25) is 5.02 Å². The molecule has 1 fully saturated rings. The van der Waals surface area contributed by atoms with E-state index in [4.69, 9.17) is 27.1 Å². The third-order valence-corrected chi connectivity index (χ3v) is 8.24. The number of rotatable bonds is 10. The lowest BCUT2D eigenvalue weighted by molar-refractivity contribution is -0.122. The van der Waals surface area contributed by atoms with Gasteiger partial charge < -0.3 is 15.8 Å². The Morgan fingerprint density at radius 1 is 1.05 bits per heavy atom. The molecule has 1 heterocycles. The van der Waals surface area contributed by atoms with E-state index in [0.29, 0.717) is 23.9 Å². The maximum atomic E-state index is 12.6. The number of aromatic nitrogens is 1. The van der Waals surface area contributed by atoms with Crippen molar-refractivity contribution in [3.8, 4) is 16.9 Å². The average molecular weight is 542 g/mol. The number of anilines is 1. The molecule has 6 heteroatoms. The second-order valence-corrected chi connectivity index (χ2v) is 11.0. The van der Waals surface area contributed by atoms with Crippen LogP contribution in [0.5, 0.6) is 5.75 Å². The lowest BCUT2D eigenvalue weighted by Crippen LogP contribution is -2.28. The van der Waals surface area contributed by atoms with Gasteiger partial charge in [-0.05, 0) is 71.8 Å². The van der Waals surface area contributed by atoms with Gasteiger partial charge in [0, 0.05) is 28.4 Å². The second-order valence-electron chi connectivity index (χ2n) is 10.6. The highest BCUT2D eigenvalue weighted by atomic mass is 35.5. The maximum Gasteiger partial charge on any atom is 0.220 e. The molecule has 0 aliphatic heterocycles. The van der Waals surface area contributed by atoms with Crippen LogP contribution in [0.4, 0.5) is 5.82 Å². The Labute approximate surface area is 235 Å². The van der Waals surface area contributed by atoms with E-state index >= 15 is 0 Å². The number of benzene rings is 3. The molecule has 3 N–H and O–H groups in total. The average Bonchev–Trinajstić information content (AvgIpc) is 2.96. The summed E-state index contributed by atoms with van der Waals surface area (Å²) in [5.41, 5.74) is 11.0. The highest BCUT2D eigenvalue weighted by Crippen LogP contribution is 2.34. The number of hydrogen-bond acceptors (Lipinski definition) is 4. The number of primary amides is 1. The van der Waals surface area contributed by atoms with Crippen LogP contribution in [0, 0.1) is 11.8 Å². The van der Waals surface area contributed by atoms with Crippen LogP contribution in [0.1, 0.15) is 49.7 Å². The van der Waals surface area contributed by atoms with Gasteiger partial charge in [0.15, 0.2) is 0 Å². The minimum absolute atomic E-state index is 0.222. The molecule has 1 unspecified atom stereocenters. The number of pyridine rings is 1. The van der Waals surface area contributed by atoms with Crippen LogP contribution in [0.15, 0.2) is 72.8 Å². The minimum atomic E-state index is -0.230. The third-order valence-electron chi connectivity index (χ3n) is 7.91. The van der Waals surface area contributed by atoms with Crippen LogP contribution < -0.4 is 15.8 Å². The first-order chi connectivity index (χ1) is 19.0. The van der Waals surface area contributed by atoms with Crippen LogP contribution in [0.3, 0.4) is 0 Å². The van der Waals surface area contributed by atoms with Crippen molar-refractivity contribution in [3.63, 3.8) is 0 Å². The summed E-state index contributed by atoms with van der Waals surface area (Å²) in [6.45, 7) is 0.608. The van der Waals surface area contributed by atoms with Gasteiger partial charge in [-0.2, -0.15) is 0 Å². The lowest BCUT2D eigenvalue weighted by atomic mass is 9.80. The van der Waals surface area contributed by atoms with E-state index in [1.165, 1.54) is 32.1 Å². The molecule has 3 aromatic carbocycles. The number of hydrogen-bond donors (Lipinski definition) is 2. The van der Waals surface area contributed by atoms with Gasteiger partial charge in [-0.25, -0.2) is 4.98 Å². The van der Waals surface area contributed by atoms with Gasteiger partial charge in [-0.1, -0.05) is 80.1 Å². The molecule has 5 nitrogen and oxygen atoms in total. The van der Waals surface area contributed by atoms with E-state index in [1.807, 2.05) is 54.6 Å². The van der Waals surface area contributed by atoms with Crippen LogP contribution in [-0.2, 0) is 17.8 Å². The van der Waals surface area contributed by atoms with Crippen molar-refractivity contribution in [2.75, 3.05) is 12.4 Å². The van der Waals surface area contributed by atoms with E-state index in [9.17, 15) is 4.79 Å². The molecule has 1 aromatic heterocycles. The van der Waals surface area contributed by atoms with Gasteiger partial charge in [0.05, 0.1) is 12.6 Å². The summed E-state index contributed by atoms with van der Waals surface area (Å²) >= 11 is 6.50. The number of ether oxygens (including phenoxy) is 1. The Bertz CT molecular complexity index is 1430. The molecule has 0 radical (unpaired) electrons. The fourth-order valence-electron chi connectivity index (χ4n) is 5.71. The van der Waals surface area contributed by atoms with Crippen molar-refractivity contribution < 1.29 is 9.53 Å². The Hall–Kier alpha value is -3.57. The molecular formula is C33H36ClN3O2. The molecule has 1 aliphatic rings. The largest absolute Gasteiger partial charge is 0.497 e. The molecular weight excluding hydrogens is 506 g/mol. The second kappa shape index (κ2) is 12.5. The number of nitrogens with zero attached hydrogens (tertiary/aromatic N) is 1. The number of methoxy groups -OCH3 is 1. The summed E-state index contributed by atoms with van der Waals surface area (Å²) in [6.07, 6.45) is 7.55. The number of nitrogens with two attached hydrogens (primary N) is 1. The highest BCUT2D eigenvalue weighted by molar-refractivity contribution is 6.33. The van der Waals surface area contributed by atoms with Crippen LogP contribution in [-0.4, -0.2) is 18.0 Å². The first-order valence-electron chi connectivity index (χ1n) is 13.8. The Kier molecular flexibility index (Phi) is 8.67. The van der Waals surface area contributed by atoms with Gasteiger partial charge in [-0.15, -0.1) is 0 Å². The van der Waals surface area contributed by atoms with E-state index in [2.05, 4.69) is 23.5 Å². The summed E-state index contributed by atoms with van der Waals surface area (Å²) in [7, 11) is 1.66. The zero-order chi connectivity index (χ0) is 27.2. The van der Waals surface area contributed by atoms with Crippen molar-refractivity contribution >= 4 is 34.2 Å². The number of fused-ring (bicyclic) bond motifs is 1. The molecule has 1 saturated carbocycles. The predicted molar refractivity (Wildman–Crippen MR) is 160 cm³/mol. The topological polar surface area (TPSA) is 77.2 Å². The summed E-state index contributed by atoms with van der Waals surface area (Å²) in [4.78, 5) is 17.6. The van der Waals surface area contributed by atoms with E-state index in [1.54, 1.807) is 7.11 Å². The lowest BCUT2D eigenvalue weighted by Gasteiger charge is -2.25. The number of amides is 1. The first-order valence-corrected chi connectivity index (χ1v) is 14.2. The fraction of sp³-hybridized carbons (Fsp3) is 0.333. The molecule has 4 aromatic rings. The number of nitrogens with one attached hydrogen (secondary N) is 1. The van der Waals surface area contributed by atoms with Gasteiger partial charge in [-0.3, -0.25) is 4.79 Å². The van der Waals surface area contributed by atoms with Crippen LogP contribution in [0.25, 0.3) is 22.0 Å². The molecule has 202 valence electrons. The standard InChI is InChI=1S/C33H36ClN3O2/c1-39-28-14-11-23(12-15-28)21-36-33-27(20-26(32(35)38)17-22-7-3-2-4-8-22)19-25-18-24(13-16-31(25)37-33)29-9-5-6-10-30(29)34/h5-6,9-16,18-19,22,26H,2-4,7-8,17,20-21H2,1H3,(H2,35,38)(H,36,37). The first kappa shape index (κ1) is 27.0. The molecule has 1 aliphatic carbocycles. The fourth-order valence-corrected chi connectivity index (χ4v) is 5.96. The Morgan fingerprint density at radius 3 is 2.54 bits per heavy atom. The number of halogens is 1. The van der Waals surface area contributed by atoms with Crippen molar-refractivity contribution in [3.05, 3.63) is 88.9 Å². The van der Waals surface area contributed by atoms with Crippen molar-refractivity contribution in [1.29, 1.82) is 0 Å². The van der Waals surface area contributed by atoms with Crippen molar-refractivity contribution in [2.45, 2.75) is 51.5 Å².